The van der Waals surface area contributed by atoms with Crippen LogP contribution >= 0.6 is 0 Å². The lowest BCUT2D eigenvalue weighted by molar-refractivity contribution is 1.31. The van der Waals surface area contributed by atoms with Gasteiger partial charge in [0.2, 0.25) is 0 Å². The van der Waals surface area contributed by atoms with Crippen molar-refractivity contribution in [2.24, 2.45) is 0 Å². The molecule has 0 aliphatic carbocycles. The SMILES string of the molecule is C(#Cc1cc2ccccc2[nH]1)c1cccnc1. The summed E-state index contributed by atoms with van der Waals surface area (Å²) in [6.45, 7) is 0. The minimum absolute atomic E-state index is 0.922. The number of fused-ring (bicyclic) bond motifs is 1. The zero-order valence-electron chi connectivity index (χ0n) is 9.14. The van der Waals surface area contributed by atoms with Gasteiger partial charge in [-0.05, 0) is 30.2 Å². The standard InChI is InChI=1S/C15H10N2/c1-2-6-15-13(5-1)10-14(17-15)8-7-12-4-3-9-16-11-12/h1-6,9-11,17H. The topological polar surface area (TPSA) is 28.7 Å². The average molecular weight is 218 g/mol. The summed E-state index contributed by atoms with van der Waals surface area (Å²) >= 11 is 0. The van der Waals surface area contributed by atoms with Gasteiger partial charge in [0.15, 0.2) is 0 Å². The molecule has 0 fully saturated rings. The van der Waals surface area contributed by atoms with Crippen molar-refractivity contribution in [1.29, 1.82) is 0 Å². The lowest BCUT2D eigenvalue weighted by atomic mass is 10.2. The van der Waals surface area contributed by atoms with Crippen LogP contribution in [0.15, 0.2) is 54.9 Å². The van der Waals surface area contributed by atoms with Gasteiger partial charge < -0.3 is 4.98 Å². The van der Waals surface area contributed by atoms with E-state index in [1.54, 1.807) is 12.4 Å². The number of aromatic nitrogens is 2. The Morgan fingerprint density at radius 1 is 1.00 bits per heavy atom. The predicted octanol–water partition coefficient (Wildman–Crippen LogP) is 2.96. The van der Waals surface area contributed by atoms with E-state index in [1.165, 1.54) is 5.39 Å². The average Bonchev–Trinajstić information content (AvgIpc) is 2.80. The van der Waals surface area contributed by atoms with Crippen LogP contribution in [0.25, 0.3) is 10.9 Å². The monoisotopic (exact) mass is 218 g/mol. The Hall–Kier alpha value is -2.53. The molecule has 0 spiro atoms. The maximum atomic E-state index is 4.03. The first-order valence-electron chi connectivity index (χ1n) is 5.42. The molecule has 17 heavy (non-hydrogen) atoms. The van der Waals surface area contributed by atoms with E-state index < -0.39 is 0 Å². The van der Waals surface area contributed by atoms with Gasteiger partial charge in [0.25, 0.3) is 0 Å². The van der Waals surface area contributed by atoms with Crippen molar-refractivity contribution in [2.45, 2.75) is 0 Å². The zero-order valence-corrected chi connectivity index (χ0v) is 9.14. The van der Waals surface area contributed by atoms with Crippen molar-refractivity contribution in [3.05, 3.63) is 66.1 Å². The van der Waals surface area contributed by atoms with Gasteiger partial charge in [-0.25, -0.2) is 0 Å². The molecule has 0 radical (unpaired) electrons. The van der Waals surface area contributed by atoms with Gasteiger partial charge in [-0.1, -0.05) is 24.1 Å². The molecule has 3 rings (SSSR count). The van der Waals surface area contributed by atoms with E-state index in [-0.39, 0.29) is 0 Å². The van der Waals surface area contributed by atoms with Crippen molar-refractivity contribution >= 4 is 10.9 Å². The summed E-state index contributed by atoms with van der Waals surface area (Å²) in [7, 11) is 0. The van der Waals surface area contributed by atoms with Gasteiger partial charge >= 0.3 is 0 Å². The maximum Gasteiger partial charge on any atom is 0.0908 e. The predicted molar refractivity (Wildman–Crippen MR) is 68.5 cm³/mol. The smallest absolute Gasteiger partial charge is 0.0908 e. The fourth-order valence-corrected chi connectivity index (χ4v) is 1.72. The normalized spacial score (nSPS) is 9.88. The highest BCUT2D eigenvalue weighted by Crippen LogP contribution is 2.13. The number of benzene rings is 1. The summed E-state index contributed by atoms with van der Waals surface area (Å²) in [6.07, 6.45) is 3.50. The first kappa shape index (κ1) is 9.68. The Morgan fingerprint density at radius 3 is 2.76 bits per heavy atom. The number of hydrogen-bond donors (Lipinski definition) is 1. The molecule has 2 aromatic heterocycles. The highest BCUT2D eigenvalue weighted by Gasteiger charge is 1.95. The second-order valence-corrected chi connectivity index (χ2v) is 3.76. The fourth-order valence-electron chi connectivity index (χ4n) is 1.72. The van der Waals surface area contributed by atoms with Crippen LogP contribution in [-0.2, 0) is 0 Å². The summed E-state index contributed by atoms with van der Waals surface area (Å²) in [4.78, 5) is 7.30. The number of aromatic amines is 1. The second-order valence-electron chi connectivity index (χ2n) is 3.76. The summed E-state index contributed by atoms with van der Waals surface area (Å²) in [5, 5.41) is 1.18. The molecule has 0 aliphatic rings. The van der Waals surface area contributed by atoms with Crippen molar-refractivity contribution in [2.75, 3.05) is 0 Å². The molecule has 0 saturated heterocycles. The van der Waals surface area contributed by atoms with Crippen LogP contribution in [0.3, 0.4) is 0 Å². The number of nitrogens with zero attached hydrogens (tertiary/aromatic N) is 1. The van der Waals surface area contributed by atoms with Gasteiger partial charge in [-0.2, -0.15) is 0 Å². The van der Waals surface area contributed by atoms with Crippen molar-refractivity contribution < 1.29 is 0 Å². The molecule has 1 aromatic carbocycles. The highest BCUT2D eigenvalue weighted by atomic mass is 14.7. The van der Waals surface area contributed by atoms with E-state index in [9.17, 15) is 0 Å². The van der Waals surface area contributed by atoms with Gasteiger partial charge in [0.05, 0.1) is 5.69 Å². The molecule has 2 heteroatoms. The van der Waals surface area contributed by atoms with E-state index in [1.807, 2.05) is 30.3 Å². The second kappa shape index (κ2) is 4.15. The van der Waals surface area contributed by atoms with E-state index in [2.05, 4.69) is 33.9 Å². The summed E-state index contributed by atoms with van der Waals surface area (Å²) in [5.74, 6) is 6.18. The van der Waals surface area contributed by atoms with Crippen LogP contribution in [-0.4, -0.2) is 9.97 Å². The van der Waals surface area contributed by atoms with E-state index >= 15 is 0 Å². The molecule has 80 valence electrons. The molecule has 0 saturated carbocycles. The minimum Gasteiger partial charge on any atom is -0.348 e. The molecular formula is C15H10N2. The first-order valence-corrected chi connectivity index (χ1v) is 5.42. The van der Waals surface area contributed by atoms with E-state index in [0.29, 0.717) is 0 Å². The fraction of sp³-hybridized carbons (Fsp3) is 0. The Labute approximate surface area is 99.3 Å². The molecule has 3 aromatic rings. The molecule has 0 amide bonds. The number of pyridine rings is 1. The Morgan fingerprint density at radius 2 is 1.94 bits per heavy atom. The number of H-pyrrole nitrogens is 1. The zero-order chi connectivity index (χ0) is 11.5. The molecular weight excluding hydrogens is 208 g/mol. The third kappa shape index (κ3) is 2.04. The van der Waals surface area contributed by atoms with Crippen LogP contribution in [0.2, 0.25) is 0 Å². The van der Waals surface area contributed by atoms with Crippen molar-refractivity contribution in [3.63, 3.8) is 0 Å². The number of hydrogen-bond acceptors (Lipinski definition) is 1. The highest BCUT2D eigenvalue weighted by molar-refractivity contribution is 5.81. The third-order valence-electron chi connectivity index (χ3n) is 2.53. The molecule has 1 N–H and O–H groups in total. The molecule has 2 heterocycles. The van der Waals surface area contributed by atoms with Crippen LogP contribution in [0.1, 0.15) is 11.3 Å². The van der Waals surface area contributed by atoms with Crippen LogP contribution in [0, 0.1) is 11.8 Å². The third-order valence-corrected chi connectivity index (χ3v) is 2.53. The molecule has 0 unspecified atom stereocenters. The first-order chi connectivity index (χ1) is 8.42. The van der Waals surface area contributed by atoms with Crippen LogP contribution in [0.5, 0.6) is 0 Å². The minimum atomic E-state index is 0.922. The van der Waals surface area contributed by atoms with Gasteiger partial charge in [-0.15, -0.1) is 0 Å². The van der Waals surface area contributed by atoms with Crippen molar-refractivity contribution in [3.8, 4) is 11.8 Å². The summed E-state index contributed by atoms with van der Waals surface area (Å²) in [5.41, 5.74) is 2.96. The molecule has 2 nitrogen and oxygen atoms in total. The maximum absolute atomic E-state index is 4.03. The van der Waals surface area contributed by atoms with Gasteiger partial charge in [-0.3, -0.25) is 4.98 Å². The Kier molecular flexibility index (Phi) is 2.36. The summed E-state index contributed by atoms with van der Waals surface area (Å²) in [6, 6.07) is 14.0. The number of para-hydroxylation sites is 1. The molecule has 0 bridgehead atoms. The van der Waals surface area contributed by atoms with Gasteiger partial charge in [0, 0.05) is 28.9 Å². The van der Waals surface area contributed by atoms with Crippen molar-refractivity contribution in [1.82, 2.24) is 9.97 Å². The van der Waals surface area contributed by atoms with E-state index in [0.717, 1.165) is 16.8 Å². The summed E-state index contributed by atoms with van der Waals surface area (Å²) < 4.78 is 0. The largest absolute Gasteiger partial charge is 0.348 e. The van der Waals surface area contributed by atoms with E-state index in [4.69, 9.17) is 0 Å². The Bertz CT molecular complexity index is 667. The lowest BCUT2D eigenvalue weighted by Crippen LogP contribution is -1.76. The molecule has 0 atom stereocenters. The number of rotatable bonds is 0. The Balaban J connectivity index is 1.98. The molecule has 0 aliphatic heterocycles. The van der Waals surface area contributed by atoms with Gasteiger partial charge in [0.1, 0.15) is 0 Å². The quantitative estimate of drug-likeness (QED) is 0.577. The van der Waals surface area contributed by atoms with Crippen LogP contribution < -0.4 is 0 Å². The lowest BCUT2D eigenvalue weighted by Gasteiger charge is -1.85. The number of nitrogens with one attached hydrogen (secondary N) is 1. The van der Waals surface area contributed by atoms with Crippen LogP contribution in [0.4, 0.5) is 0 Å².